The molecule has 1 unspecified atom stereocenters. The zero-order valence-corrected chi connectivity index (χ0v) is 13.3. The van der Waals surface area contributed by atoms with Crippen molar-refractivity contribution in [3.05, 3.63) is 23.8 Å². The van der Waals surface area contributed by atoms with E-state index in [1.807, 2.05) is 0 Å². The lowest BCUT2D eigenvalue weighted by molar-refractivity contribution is 0.0997. The summed E-state index contributed by atoms with van der Waals surface area (Å²) < 4.78 is 32.1. The second-order valence-electron chi connectivity index (χ2n) is 5.23. The summed E-state index contributed by atoms with van der Waals surface area (Å²) in [6, 6.07) is 3.91. The first-order chi connectivity index (χ1) is 10.4. The van der Waals surface area contributed by atoms with E-state index in [0.717, 1.165) is 19.3 Å². The number of hydrogen-bond acceptors (Lipinski definition) is 5. The minimum Gasteiger partial charge on any atom is -0.496 e. The van der Waals surface area contributed by atoms with Crippen LogP contribution in [0, 0.1) is 0 Å². The molecule has 0 spiro atoms. The van der Waals surface area contributed by atoms with E-state index < -0.39 is 15.9 Å². The maximum Gasteiger partial charge on any atom is 0.252 e. The Morgan fingerprint density at radius 2 is 2.14 bits per heavy atom. The fourth-order valence-corrected chi connectivity index (χ4v) is 4.43. The van der Waals surface area contributed by atoms with Gasteiger partial charge in [-0.3, -0.25) is 4.79 Å². The van der Waals surface area contributed by atoms with Gasteiger partial charge in [0.2, 0.25) is 10.0 Å². The highest BCUT2D eigenvalue weighted by molar-refractivity contribution is 7.89. The van der Waals surface area contributed by atoms with Crippen molar-refractivity contribution in [1.29, 1.82) is 0 Å². The van der Waals surface area contributed by atoms with Gasteiger partial charge in [-0.2, -0.15) is 4.31 Å². The van der Waals surface area contributed by atoms with Gasteiger partial charge in [0.05, 0.1) is 17.6 Å². The van der Waals surface area contributed by atoms with Crippen LogP contribution in [0.25, 0.3) is 0 Å². The number of amides is 1. The molecule has 1 aliphatic heterocycles. The number of piperidine rings is 1. The molecule has 1 fully saturated rings. The molecule has 1 atom stereocenters. The molecule has 0 saturated carbocycles. The summed E-state index contributed by atoms with van der Waals surface area (Å²) in [7, 11) is -2.32. The molecular formula is C14H21N3O4S. The van der Waals surface area contributed by atoms with Gasteiger partial charge >= 0.3 is 0 Å². The van der Waals surface area contributed by atoms with Gasteiger partial charge in [0, 0.05) is 19.1 Å². The molecule has 8 heteroatoms. The van der Waals surface area contributed by atoms with Crippen LogP contribution in [0.3, 0.4) is 0 Å². The third-order valence-corrected chi connectivity index (χ3v) is 5.84. The summed E-state index contributed by atoms with van der Waals surface area (Å²) >= 11 is 0. The van der Waals surface area contributed by atoms with Crippen LogP contribution in [-0.4, -0.2) is 44.9 Å². The molecule has 0 aromatic heterocycles. The van der Waals surface area contributed by atoms with Gasteiger partial charge in [-0.05, 0) is 31.0 Å². The first kappa shape index (κ1) is 16.7. The molecule has 122 valence electrons. The van der Waals surface area contributed by atoms with Crippen molar-refractivity contribution in [2.45, 2.75) is 30.2 Å². The Kier molecular flexibility index (Phi) is 5.05. The molecule has 22 heavy (non-hydrogen) atoms. The highest BCUT2D eigenvalue weighted by atomic mass is 32.2. The van der Waals surface area contributed by atoms with Gasteiger partial charge in [-0.1, -0.05) is 6.42 Å². The van der Waals surface area contributed by atoms with E-state index in [2.05, 4.69) is 0 Å². The Bertz CT molecular complexity index is 660. The molecule has 7 nitrogen and oxygen atoms in total. The average molecular weight is 327 g/mol. The van der Waals surface area contributed by atoms with Crippen LogP contribution in [0.2, 0.25) is 0 Å². The topological polar surface area (TPSA) is 116 Å². The Morgan fingerprint density at radius 3 is 2.73 bits per heavy atom. The summed E-state index contributed by atoms with van der Waals surface area (Å²) in [4.78, 5) is 11.5. The van der Waals surface area contributed by atoms with E-state index >= 15 is 0 Å². The normalized spacial score (nSPS) is 19.8. The predicted molar refractivity (Wildman–Crippen MR) is 82.1 cm³/mol. The number of sulfonamides is 1. The SMILES string of the molecule is COc1ccc(S(=O)(=O)N2CCCCC2CN)cc1C(N)=O. The van der Waals surface area contributed by atoms with E-state index in [-0.39, 0.29) is 28.8 Å². The number of ether oxygens (including phenoxy) is 1. The van der Waals surface area contributed by atoms with Crippen LogP contribution in [0.5, 0.6) is 5.75 Å². The number of carbonyl (C=O) groups is 1. The number of nitrogens with zero attached hydrogens (tertiary/aromatic N) is 1. The Hall–Kier alpha value is -1.64. The van der Waals surface area contributed by atoms with Crippen molar-refractivity contribution in [3.63, 3.8) is 0 Å². The number of hydrogen-bond donors (Lipinski definition) is 2. The van der Waals surface area contributed by atoms with Gasteiger partial charge < -0.3 is 16.2 Å². The van der Waals surface area contributed by atoms with Crippen LogP contribution < -0.4 is 16.2 Å². The van der Waals surface area contributed by atoms with Crippen molar-refractivity contribution in [2.24, 2.45) is 11.5 Å². The Balaban J connectivity index is 2.45. The lowest BCUT2D eigenvalue weighted by atomic mass is 10.1. The van der Waals surface area contributed by atoms with Crippen LogP contribution in [0.15, 0.2) is 23.1 Å². The molecule has 1 aromatic carbocycles. The third-order valence-electron chi connectivity index (χ3n) is 3.89. The first-order valence-corrected chi connectivity index (χ1v) is 8.55. The summed E-state index contributed by atoms with van der Waals surface area (Å²) in [5.74, 6) is -0.483. The minimum atomic E-state index is -3.71. The number of rotatable bonds is 5. The van der Waals surface area contributed by atoms with Crippen LogP contribution in [0.1, 0.15) is 29.6 Å². The highest BCUT2D eigenvalue weighted by Crippen LogP contribution is 2.28. The van der Waals surface area contributed by atoms with Gasteiger partial charge in [-0.15, -0.1) is 0 Å². The second kappa shape index (κ2) is 6.64. The molecule has 4 N–H and O–H groups in total. The minimum absolute atomic E-state index is 0.0300. The zero-order chi connectivity index (χ0) is 16.3. The summed E-state index contributed by atoms with van der Waals surface area (Å²) in [6.07, 6.45) is 2.51. The van der Waals surface area contributed by atoms with Crippen molar-refractivity contribution in [1.82, 2.24) is 4.31 Å². The number of carbonyl (C=O) groups excluding carboxylic acids is 1. The molecule has 1 aliphatic rings. The van der Waals surface area contributed by atoms with E-state index in [9.17, 15) is 13.2 Å². The standard InChI is InChI=1S/C14H21N3O4S/c1-21-13-6-5-11(8-12(13)14(16)18)22(19,20)17-7-3-2-4-10(17)9-15/h5-6,8,10H,2-4,7,9,15H2,1H3,(H2,16,18). The van der Waals surface area contributed by atoms with Crippen LogP contribution in [0.4, 0.5) is 0 Å². The molecule has 1 heterocycles. The quantitative estimate of drug-likeness (QED) is 0.806. The van der Waals surface area contributed by atoms with Crippen molar-refractivity contribution in [2.75, 3.05) is 20.2 Å². The second-order valence-corrected chi connectivity index (χ2v) is 7.12. The fraction of sp³-hybridized carbons (Fsp3) is 0.500. The van der Waals surface area contributed by atoms with Crippen molar-refractivity contribution >= 4 is 15.9 Å². The largest absolute Gasteiger partial charge is 0.496 e. The van der Waals surface area contributed by atoms with Gasteiger partial charge in [0.25, 0.3) is 5.91 Å². The monoisotopic (exact) mass is 327 g/mol. The number of benzene rings is 1. The summed E-state index contributed by atoms with van der Waals surface area (Å²) in [5.41, 5.74) is 11.0. The first-order valence-electron chi connectivity index (χ1n) is 7.11. The molecule has 2 rings (SSSR count). The Morgan fingerprint density at radius 1 is 1.41 bits per heavy atom. The van der Waals surface area contributed by atoms with E-state index in [4.69, 9.17) is 16.2 Å². The van der Waals surface area contributed by atoms with Gasteiger partial charge in [-0.25, -0.2) is 8.42 Å². The molecule has 0 radical (unpaired) electrons. The van der Waals surface area contributed by atoms with E-state index in [1.54, 1.807) is 0 Å². The fourth-order valence-electron chi connectivity index (χ4n) is 2.70. The predicted octanol–water partition coefficient (Wildman–Crippen LogP) is 0.296. The highest BCUT2D eigenvalue weighted by Gasteiger charge is 2.33. The van der Waals surface area contributed by atoms with E-state index in [0.29, 0.717) is 6.54 Å². The molecular weight excluding hydrogens is 306 g/mol. The Labute approximate surface area is 130 Å². The number of nitrogens with two attached hydrogens (primary N) is 2. The van der Waals surface area contributed by atoms with Gasteiger partial charge in [0.1, 0.15) is 5.75 Å². The zero-order valence-electron chi connectivity index (χ0n) is 12.5. The van der Waals surface area contributed by atoms with Crippen LogP contribution >= 0.6 is 0 Å². The number of primary amides is 1. The molecule has 0 aliphatic carbocycles. The van der Waals surface area contributed by atoms with Gasteiger partial charge in [0.15, 0.2) is 0 Å². The van der Waals surface area contributed by atoms with E-state index in [1.165, 1.54) is 29.6 Å². The molecule has 1 aromatic rings. The van der Waals surface area contributed by atoms with Crippen molar-refractivity contribution in [3.8, 4) is 5.75 Å². The lowest BCUT2D eigenvalue weighted by Crippen LogP contribution is -2.47. The molecule has 1 saturated heterocycles. The molecule has 0 bridgehead atoms. The smallest absolute Gasteiger partial charge is 0.252 e. The molecule has 1 amide bonds. The third kappa shape index (κ3) is 3.08. The van der Waals surface area contributed by atoms with Crippen LogP contribution in [-0.2, 0) is 10.0 Å². The summed E-state index contributed by atoms with van der Waals surface area (Å²) in [5, 5.41) is 0. The summed E-state index contributed by atoms with van der Waals surface area (Å²) in [6.45, 7) is 0.709. The number of methoxy groups -OCH3 is 1. The maximum atomic E-state index is 12.8. The average Bonchev–Trinajstić information content (AvgIpc) is 2.53. The maximum absolute atomic E-state index is 12.8. The van der Waals surface area contributed by atoms with Crippen molar-refractivity contribution < 1.29 is 17.9 Å². The lowest BCUT2D eigenvalue weighted by Gasteiger charge is -2.34.